The van der Waals surface area contributed by atoms with Crippen LogP contribution in [0.5, 0.6) is 0 Å². The molecule has 0 saturated carbocycles. The number of nitrogens with one attached hydrogen (secondary N) is 2. The summed E-state index contributed by atoms with van der Waals surface area (Å²) >= 11 is 0. The van der Waals surface area contributed by atoms with Gasteiger partial charge in [-0.25, -0.2) is 0 Å². The van der Waals surface area contributed by atoms with Crippen LogP contribution in [0.25, 0.3) is 0 Å². The van der Waals surface area contributed by atoms with E-state index in [4.69, 9.17) is 0 Å². The Labute approximate surface area is 80.8 Å². The maximum absolute atomic E-state index is 11.5. The van der Waals surface area contributed by atoms with Gasteiger partial charge in [-0.1, -0.05) is 17.4 Å². The molecule has 14 heavy (non-hydrogen) atoms. The molecule has 0 spiro atoms. The Bertz CT molecular complexity index is 324. The number of carbonyl (C=O) groups excluding carboxylic acids is 1. The molecule has 1 heterocycles. The summed E-state index contributed by atoms with van der Waals surface area (Å²) in [6.45, 7) is 0.339. The molecule has 74 valence electrons. The van der Waals surface area contributed by atoms with Crippen molar-refractivity contribution in [2.24, 2.45) is 5.92 Å². The van der Waals surface area contributed by atoms with Crippen LogP contribution in [0.2, 0.25) is 0 Å². The average Bonchev–Trinajstić information content (AvgIpc) is 2.87. The van der Waals surface area contributed by atoms with Crippen molar-refractivity contribution in [3.63, 3.8) is 0 Å². The number of tetrazole rings is 1. The van der Waals surface area contributed by atoms with Crippen LogP contribution in [-0.2, 0) is 11.3 Å². The highest BCUT2D eigenvalue weighted by Gasteiger charge is 2.18. The summed E-state index contributed by atoms with van der Waals surface area (Å²) in [6, 6.07) is 0. The molecule has 0 unspecified atom stereocenters. The zero-order valence-corrected chi connectivity index (χ0v) is 7.60. The van der Waals surface area contributed by atoms with Crippen molar-refractivity contribution < 1.29 is 4.79 Å². The first-order chi connectivity index (χ1) is 6.86. The lowest BCUT2D eigenvalue weighted by atomic mass is 10.1. The van der Waals surface area contributed by atoms with Crippen molar-refractivity contribution in [2.45, 2.75) is 19.4 Å². The minimum Gasteiger partial charge on any atom is -0.348 e. The highest BCUT2D eigenvalue weighted by molar-refractivity contribution is 5.79. The zero-order chi connectivity index (χ0) is 9.80. The predicted octanol–water partition coefficient (Wildman–Crippen LogP) is -0.218. The number of H-pyrrole nitrogens is 1. The fourth-order valence-corrected chi connectivity index (χ4v) is 1.40. The van der Waals surface area contributed by atoms with E-state index in [1.54, 1.807) is 0 Å². The molecule has 0 saturated heterocycles. The maximum Gasteiger partial charge on any atom is 0.224 e. The molecule has 1 aliphatic carbocycles. The molecule has 1 aliphatic rings. The van der Waals surface area contributed by atoms with Gasteiger partial charge in [0, 0.05) is 5.92 Å². The number of aromatic amines is 1. The largest absolute Gasteiger partial charge is 0.348 e. The number of hydrogen-bond donors (Lipinski definition) is 2. The smallest absolute Gasteiger partial charge is 0.224 e. The number of aromatic nitrogens is 4. The van der Waals surface area contributed by atoms with Crippen LogP contribution in [-0.4, -0.2) is 26.5 Å². The lowest BCUT2D eigenvalue weighted by Crippen LogP contribution is -2.29. The minimum atomic E-state index is 0.0554. The molecule has 1 amide bonds. The lowest BCUT2D eigenvalue weighted by Gasteiger charge is -2.07. The van der Waals surface area contributed by atoms with E-state index in [2.05, 4.69) is 25.9 Å². The molecule has 0 aliphatic heterocycles. The van der Waals surface area contributed by atoms with Crippen molar-refractivity contribution in [3.05, 3.63) is 18.0 Å². The lowest BCUT2D eigenvalue weighted by molar-refractivity contribution is -0.124. The maximum atomic E-state index is 11.5. The monoisotopic (exact) mass is 193 g/mol. The predicted molar refractivity (Wildman–Crippen MR) is 47.9 cm³/mol. The Morgan fingerprint density at radius 1 is 1.57 bits per heavy atom. The van der Waals surface area contributed by atoms with Crippen LogP contribution in [0.4, 0.5) is 0 Å². The van der Waals surface area contributed by atoms with Crippen molar-refractivity contribution >= 4 is 5.91 Å². The van der Waals surface area contributed by atoms with Gasteiger partial charge < -0.3 is 5.32 Å². The summed E-state index contributed by atoms with van der Waals surface area (Å²) in [5.74, 6) is 0.644. The van der Waals surface area contributed by atoms with Crippen molar-refractivity contribution in [3.8, 4) is 0 Å². The van der Waals surface area contributed by atoms with Gasteiger partial charge in [-0.2, -0.15) is 5.21 Å². The van der Waals surface area contributed by atoms with Gasteiger partial charge >= 0.3 is 0 Å². The summed E-state index contributed by atoms with van der Waals surface area (Å²) in [4.78, 5) is 11.5. The van der Waals surface area contributed by atoms with E-state index in [9.17, 15) is 4.79 Å². The number of nitrogens with zero attached hydrogens (tertiary/aromatic N) is 3. The molecule has 0 radical (unpaired) electrons. The Hall–Kier alpha value is -1.72. The first-order valence-corrected chi connectivity index (χ1v) is 4.51. The summed E-state index contributed by atoms with van der Waals surface area (Å²) in [6.07, 6.45) is 5.72. The number of rotatable bonds is 3. The van der Waals surface area contributed by atoms with E-state index >= 15 is 0 Å². The molecule has 6 heteroatoms. The fraction of sp³-hybridized carbons (Fsp3) is 0.500. The molecule has 2 N–H and O–H groups in total. The molecular formula is C8H11N5O. The second kappa shape index (κ2) is 3.99. The third kappa shape index (κ3) is 1.95. The van der Waals surface area contributed by atoms with Crippen LogP contribution >= 0.6 is 0 Å². The van der Waals surface area contributed by atoms with E-state index in [-0.39, 0.29) is 11.8 Å². The van der Waals surface area contributed by atoms with E-state index in [1.807, 2.05) is 12.2 Å². The zero-order valence-electron chi connectivity index (χ0n) is 7.60. The summed E-state index contributed by atoms with van der Waals surface area (Å²) in [5, 5.41) is 16.0. The van der Waals surface area contributed by atoms with E-state index in [0.29, 0.717) is 12.4 Å². The molecule has 0 atom stereocenters. The molecule has 2 rings (SSSR count). The van der Waals surface area contributed by atoms with Crippen LogP contribution in [0.15, 0.2) is 12.2 Å². The number of hydrogen-bond acceptors (Lipinski definition) is 4. The number of amides is 1. The second-order valence-corrected chi connectivity index (χ2v) is 3.19. The molecule has 0 fully saturated rings. The third-order valence-corrected chi connectivity index (χ3v) is 2.19. The van der Waals surface area contributed by atoms with E-state index < -0.39 is 0 Å². The molecule has 1 aromatic rings. The Kier molecular flexibility index (Phi) is 2.53. The Balaban J connectivity index is 1.78. The van der Waals surface area contributed by atoms with Gasteiger partial charge in [0.05, 0.1) is 6.54 Å². The van der Waals surface area contributed by atoms with Gasteiger partial charge in [-0.15, -0.1) is 10.2 Å². The number of allylic oxidation sites excluding steroid dienone is 2. The first kappa shape index (κ1) is 8.86. The minimum absolute atomic E-state index is 0.0554. The topological polar surface area (TPSA) is 83.6 Å². The standard InChI is InChI=1S/C8H11N5O/c14-8(6-3-1-2-4-6)9-5-7-10-12-13-11-7/h1-2,6H,3-5H2,(H,9,14)(H,10,11,12,13). The molecule has 0 aromatic carbocycles. The summed E-state index contributed by atoms with van der Waals surface area (Å²) < 4.78 is 0. The highest BCUT2D eigenvalue weighted by atomic mass is 16.1. The summed E-state index contributed by atoms with van der Waals surface area (Å²) in [5.41, 5.74) is 0. The molecular weight excluding hydrogens is 182 g/mol. The van der Waals surface area contributed by atoms with Gasteiger partial charge in [0.15, 0.2) is 5.82 Å². The summed E-state index contributed by atoms with van der Waals surface area (Å²) in [7, 11) is 0. The van der Waals surface area contributed by atoms with E-state index in [0.717, 1.165) is 12.8 Å². The number of carbonyl (C=O) groups is 1. The second-order valence-electron chi connectivity index (χ2n) is 3.19. The van der Waals surface area contributed by atoms with Crippen LogP contribution in [0.3, 0.4) is 0 Å². The van der Waals surface area contributed by atoms with Crippen molar-refractivity contribution in [2.75, 3.05) is 0 Å². The molecule has 6 nitrogen and oxygen atoms in total. The first-order valence-electron chi connectivity index (χ1n) is 4.51. The van der Waals surface area contributed by atoms with Gasteiger partial charge in [0.1, 0.15) is 0 Å². The molecule has 0 bridgehead atoms. The average molecular weight is 193 g/mol. The van der Waals surface area contributed by atoms with E-state index in [1.165, 1.54) is 0 Å². The third-order valence-electron chi connectivity index (χ3n) is 2.19. The Morgan fingerprint density at radius 2 is 2.36 bits per heavy atom. The van der Waals surface area contributed by atoms with Gasteiger partial charge in [0.2, 0.25) is 5.91 Å². The SMILES string of the molecule is O=C(NCc1nn[nH]n1)C1CC=CC1. The molecule has 1 aromatic heterocycles. The highest BCUT2D eigenvalue weighted by Crippen LogP contribution is 2.17. The van der Waals surface area contributed by atoms with Crippen LogP contribution in [0.1, 0.15) is 18.7 Å². The fourth-order valence-electron chi connectivity index (χ4n) is 1.40. The van der Waals surface area contributed by atoms with Gasteiger partial charge in [0.25, 0.3) is 0 Å². The van der Waals surface area contributed by atoms with Gasteiger partial charge in [-0.05, 0) is 12.8 Å². The van der Waals surface area contributed by atoms with Crippen molar-refractivity contribution in [1.29, 1.82) is 0 Å². The van der Waals surface area contributed by atoms with Crippen LogP contribution in [0, 0.1) is 5.92 Å². The Morgan fingerprint density at radius 3 is 3.00 bits per heavy atom. The van der Waals surface area contributed by atoms with Crippen LogP contribution < -0.4 is 5.32 Å². The normalized spacial score (nSPS) is 16.0. The van der Waals surface area contributed by atoms with Gasteiger partial charge in [-0.3, -0.25) is 4.79 Å². The quantitative estimate of drug-likeness (QED) is 0.650. The van der Waals surface area contributed by atoms with Crippen molar-refractivity contribution in [1.82, 2.24) is 25.9 Å².